The third-order valence-electron chi connectivity index (χ3n) is 5.63. The molecule has 1 heterocycles. The minimum atomic E-state index is -3.09. The van der Waals surface area contributed by atoms with Crippen molar-refractivity contribution in [3.63, 3.8) is 0 Å². The first kappa shape index (κ1) is 20.6. The van der Waals surface area contributed by atoms with Crippen LogP contribution in [-0.4, -0.2) is 32.1 Å². The molecule has 3 rings (SSSR count). The molecule has 27 heavy (non-hydrogen) atoms. The van der Waals surface area contributed by atoms with Gasteiger partial charge in [-0.2, -0.15) is 0 Å². The van der Waals surface area contributed by atoms with Gasteiger partial charge in [-0.1, -0.05) is 65.3 Å². The molecule has 146 valence electrons. The fourth-order valence-electron chi connectivity index (χ4n) is 4.15. The molecule has 0 radical (unpaired) electrons. The summed E-state index contributed by atoms with van der Waals surface area (Å²) < 4.78 is 26.5. The van der Waals surface area contributed by atoms with Gasteiger partial charge < -0.3 is 0 Å². The molecular weight excluding hydrogens is 422 g/mol. The molecule has 1 atom stereocenters. The SMILES string of the molecule is CC/C=C\C=C1/CC(C2CCN(S(C)(=O)=O)CC2)c2ccccc2C=C1Br. The lowest BCUT2D eigenvalue weighted by molar-refractivity contribution is 0.243. The van der Waals surface area contributed by atoms with Gasteiger partial charge in [-0.15, -0.1) is 0 Å². The van der Waals surface area contributed by atoms with Crippen LogP contribution in [0.3, 0.4) is 0 Å². The second-order valence-corrected chi connectivity index (χ2v) is 10.3. The van der Waals surface area contributed by atoms with Crippen molar-refractivity contribution in [1.82, 2.24) is 4.31 Å². The maximum atomic E-state index is 11.9. The largest absolute Gasteiger partial charge is 0.213 e. The molecule has 1 aromatic carbocycles. The summed E-state index contributed by atoms with van der Waals surface area (Å²) in [5, 5.41) is 0. The fraction of sp³-hybridized carbons (Fsp3) is 0.455. The Kier molecular flexibility index (Phi) is 6.77. The minimum absolute atomic E-state index is 0.412. The lowest BCUT2D eigenvalue weighted by atomic mass is 9.76. The Morgan fingerprint density at radius 2 is 1.93 bits per heavy atom. The Balaban J connectivity index is 1.90. The molecule has 1 fully saturated rings. The van der Waals surface area contributed by atoms with E-state index in [1.807, 2.05) is 0 Å². The molecular formula is C22H28BrNO2S. The first-order chi connectivity index (χ1) is 12.9. The van der Waals surface area contributed by atoms with Gasteiger partial charge in [-0.25, -0.2) is 12.7 Å². The normalized spacial score (nSPS) is 24.0. The number of allylic oxidation sites excluding steroid dienone is 5. The van der Waals surface area contributed by atoms with Crippen molar-refractivity contribution in [2.75, 3.05) is 19.3 Å². The summed E-state index contributed by atoms with van der Waals surface area (Å²) in [6.07, 6.45) is 13.9. The molecule has 0 saturated carbocycles. The van der Waals surface area contributed by atoms with Crippen LogP contribution >= 0.6 is 15.9 Å². The smallest absolute Gasteiger partial charge is 0.211 e. The number of sulfonamides is 1. The monoisotopic (exact) mass is 449 g/mol. The van der Waals surface area contributed by atoms with Crippen LogP contribution in [0.5, 0.6) is 0 Å². The van der Waals surface area contributed by atoms with Gasteiger partial charge in [-0.05, 0) is 60.3 Å². The highest BCUT2D eigenvalue weighted by Gasteiger charge is 2.33. The van der Waals surface area contributed by atoms with Gasteiger partial charge in [0, 0.05) is 17.6 Å². The Morgan fingerprint density at radius 3 is 2.59 bits per heavy atom. The molecule has 5 heteroatoms. The molecule has 3 nitrogen and oxygen atoms in total. The third-order valence-corrected chi connectivity index (χ3v) is 7.67. The Labute approximate surface area is 172 Å². The van der Waals surface area contributed by atoms with Crippen LogP contribution in [0.25, 0.3) is 6.08 Å². The molecule has 1 aromatic rings. The van der Waals surface area contributed by atoms with Crippen LogP contribution in [0.15, 0.2) is 52.5 Å². The summed E-state index contributed by atoms with van der Waals surface area (Å²) in [5.74, 6) is 0.907. The fourth-order valence-corrected chi connectivity index (χ4v) is 5.57. The second kappa shape index (κ2) is 8.89. The van der Waals surface area contributed by atoms with Crippen LogP contribution in [0.2, 0.25) is 0 Å². The van der Waals surface area contributed by atoms with Crippen LogP contribution in [0.4, 0.5) is 0 Å². The van der Waals surface area contributed by atoms with Gasteiger partial charge in [0.05, 0.1) is 6.26 Å². The van der Waals surface area contributed by atoms with Gasteiger partial charge >= 0.3 is 0 Å². The standard InChI is InChI=1S/C22H28BrNO2S/c1-3-4-5-9-19-15-21(17-11-13-24(14-12-17)27(2,25)26)20-10-7-6-8-18(20)16-22(19)23/h4-10,16-17,21H,3,11-15H2,1-2H3/b5-4-,19-9+. The van der Waals surface area contributed by atoms with Crippen molar-refractivity contribution in [1.29, 1.82) is 0 Å². The summed E-state index contributed by atoms with van der Waals surface area (Å²) in [5.41, 5.74) is 3.96. The summed E-state index contributed by atoms with van der Waals surface area (Å²) in [7, 11) is -3.09. The van der Waals surface area contributed by atoms with Crippen LogP contribution < -0.4 is 0 Å². The second-order valence-electron chi connectivity index (χ2n) is 7.46. The molecule has 0 aromatic heterocycles. The van der Waals surface area contributed by atoms with Gasteiger partial charge in [0.15, 0.2) is 0 Å². The Morgan fingerprint density at radius 1 is 1.22 bits per heavy atom. The number of hydrogen-bond acceptors (Lipinski definition) is 2. The topological polar surface area (TPSA) is 37.4 Å². The highest BCUT2D eigenvalue weighted by molar-refractivity contribution is 9.12. The molecule has 0 spiro atoms. The van der Waals surface area contributed by atoms with Crippen molar-refractivity contribution in [3.05, 3.63) is 63.7 Å². The van der Waals surface area contributed by atoms with Crippen molar-refractivity contribution >= 4 is 32.0 Å². The number of benzene rings is 1. The molecule has 0 N–H and O–H groups in total. The lowest BCUT2D eigenvalue weighted by Crippen LogP contribution is -2.39. The highest BCUT2D eigenvalue weighted by atomic mass is 79.9. The van der Waals surface area contributed by atoms with E-state index in [0.717, 1.165) is 30.2 Å². The van der Waals surface area contributed by atoms with E-state index < -0.39 is 10.0 Å². The maximum absolute atomic E-state index is 11.9. The van der Waals surface area contributed by atoms with Crippen molar-refractivity contribution in [2.45, 2.75) is 38.5 Å². The molecule has 1 aliphatic carbocycles. The zero-order valence-corrected chi connectivity index (χ0v) is 18.5. The van der Waals surface area contributed by atoms with Crippen LogP contribution in [0, 0.1) is 5.92 Å². The number of hydrogen-bond donors (Lipinski definition) is 0. The number of piperidine rings is 1. The minimum Gasteiger partial charge on any atom is -0.213 e. The van der Waals surface area contributed by atoms with Crippen LogP contribution in [0.1, 0.15) is 49.7 Å². The van der Waals surface area contributed by atoms with Gasteiger partial charge in [0.2, 0.25) is 10.0 Å². The molecule has 2 aliphatic rings. The van der Waals surface area contributed by atoms with E-state index in [0.29, 0.717) is 24.9 Å². The predicted molar refractivity (Wildman–Crippen MR) is 117 cm³/mol. The van der Waals surface area contributed by atoms with E-state index >= 15 is 0 Å². The summed E-state index contributed by atoms with van der Waals surface area (Å²) in [6, 6.07) is 8.63. The van der Waals surface area contributed by atoms with Crippen molar-refractivity contribution in [3.8, 4) is 0 Å². The zero-order chi connectivity index (χ0) is 19.4. The van der Waals surface area contributed by atoms with E-state index in [2.05, 4.69) is 71.4 Å². The third kappa shape index (κ3) is 5.01. The van der Waals surface area contributed by atoms with E-state index in [-0.39, 0.29) is 0 Å². The predicted octanol–water partition coefficient (Wildman–Crippen LogP) is 5.47. The van der Waals surface area contributed by atoms with Gasteiger partial charge in [0.25, 0.3) is 0 Å². The molecule has 1 unspecified atom stereocenters. The quantitative estimate of drug-likeness (QED) is 0.610. The maximum Gasteiger partial charge on any atom is 0.211 e. The Hall–Kier alpha value is -1.17. The number of rotatable bonds is 4. The lowest BCUT2D eigenvalue weighted by Gasteiger charge is -2.35. The van der Waals surface area contributed by atoms with Crippen LogP contribution in [-0.2, 0) is 10.0 Å². The average molecular weight is 450 g/mol. The summed E-state index contributed by atoms with van der Waals surface area (Å²) >= 11 is 3.79. The molecule has 0 amide bonds. The highest BCUT2D eigenvalue weighted by Crippen LogP contribution is 2.44. The molecule has 1 aliphatic heterocycles. The van der Waals surface area contributed by atoms with Crippen molar-refractivity contribution < 1.29 is 8.42 Å². The zero-order valence-electron chi connectivity index (χ0n) is 16.1. The number of fused-ring (bicyclic) bond motifs is 1. The van der Waals surface area contributed by atoms with Gasteiger partial charge in [-0.3, -0.25) is 0 Å². The number of nitrogens with zero attached hydrogens (tertiary/aromatic N) is 1. The van der Waals surface area contributed by atoms with Gasteiger partial charge in [0.1, 0.15) is 0 Å². The first-order valence-corrected chi connectivity index (χ1v) is 12.3. The summed E-state index contributed by atoms with van der Waals surface area (Å²) in [4.78, 5) is 0. The van der Waals surface area contributed by atoms with E-state index in [1.54, 1.807) is 4.31 Å². The molecule has 1 saturated heterocycles. The number of halogens is 1. The van der Waals surface area contributed by atoms with E-state index in [9.17, 15) is 8.42 Å². The van der Waals surface area contributed by atoms with E-state index in [4.69, 9.17) is 0 Å². The molecule has 0 bridgehead atoms. The summed E-state index contributed by atoms with van der Waals surface area (Å²) in [6.45, 7) is 3.40. The average Bonchev–Trinajstić information content (AvgIpc) is 2.78. The first-order valence-electron chi connectivity index (χ1n) is 9.67. The Bertz CT molecular complexity index is 862. The van der Waals surface area contributed by atoms with Crippen molar-refractivity contribution in [2.24, 2.45) is 5.92 Å². The van der Waals surface area contributed by atoms with E-state index in [1.165, 1.54) is 23.0 Å².